The smallest absolute Gasteiger partial charge is 0.272 e. The number of primary amides is 1. The minimum Gasteiger partial charge on any atom is -0.366 e. The second kappa shape index (κ2) is 9.96. The molecule has 1 aromatic carbocycles. The summed E-state index contributed by atoms with van der Waals surface area (Å²) in [4.78, 5) is 31.0. The Morgan fingerprint density at radius 1 is 1.28 bits per heavy atom. The Hall–Kier alpha value is -3.18. The van der Waals surface area contributed by atoms with E-state index in [9.17, 15) is 9.59 Å². The predicted octanol–water partition coefficient (Wildman–Crippen LogP) is 5.25. The molecule has 6 heteroatoms. The number of halogens is 1. The molecule has 0 aliphatic carbocycles. The summed E-state index contributed by atoms with van der Waals surface area (Å²) in [6.45, 7) is 13.2. The topological polar surface area (TPSA) is 76.3 Å². The fraction of sp³-hybridized carbons (Fsp3) is 0.269. The van der Waals surface area contributed by atoms with E-state index < -0.39 is 5.91 Å². The molecular weight excluding hydrogens is 422 g/mol. The number of hydrogen-bond donors (Lipinski definition) is 1. The van der Waals surface area contributed by atoms with Crippen molar-refractivity contribution in [1.82, 2.24) is 9.88 Å². The molecule has 3 rings (SSSR count). The van der Waals surface area contributed by atoms with Crippen LogP contribution in [0.3, 0.4) is 0 Å². The van der Waals surface area contributed by atoms with Gasteiger partial charge in [0.15, 0.2) is 0 Å². The monoisotopic (exact) mass is 449 g/mol. The van der Waals surface area contributed by atoms with Crippen LogP contribution in [0.25, 0.3) is 5.57 Å². The maximum atomic E-state index is 12.8. The lowest BCUT2D eigenvalue weighted by atomic mass is 9.86. The first-order chi connectivity index (χ1) is 15.2. The summed E-state index contributed by atoms with van der Waals surface area (Å²) in [6, 6.07) is 9.02. The SMILES string of the molecule is C=C/C=C(\C(=C)C(C)C)c1ccc(C2CCN(C(=O)c3ccc(Cl)cn3)C2)c(C(N)=O)c1. The first-order valence-electron chi connectivity index (χ1n) is 10.6. The van der Waals surface area contributed by atoms with Crippen LogP contribution in [0.15, 0.2) is 67.4 Å². The predicted molar refractivity (Wildman–Crippen MR) is 130 cm³/mol. The second-order valence-electron chi connectivity index (χ2n) is 8.26. The first kappa shape index (κ1) is 23.5. The Labute approximate surface area is 194 Å². The lowest BCUT2D eigenvalue weighted by molar-refractivity contribution is 0.0785. The summed E-state index contributed by atoms with van der Waals surface area (Å²) in [5.74, 6) is -0.373. The molecule has 2 aromatic rings. The van der Waals surface area contributed by atoms with Gasteiger partial charge >= 0.3 is 0 Å². The molecule has 1 aliphatic heterocycles. The molecule has 1 atom stereocenters. The zero-order valence-electron chi connectivity index (χ0n) is 18.5. The van der Waals surface area contributed by atoms with Gasteiger partial charge in [-0.05, 0) is 52.8 Å². The molecule has 0 saturated carbocycles. The molecule has 0 bridgehead atoms. The van der Waals surface area contributed by atoms with Crippen molar-refractivity contribution in [3.63, 3.8) is 0 Å². The van der Waals surface area contributed by atoms with Crippen LogP contribution in [-0.4, -0.2) is 34.8 Å². The summed E-state index contributed by atoms with van der Waals surface area (Å²) in [5, 5.41) is 0.483. The number of aromatic nitrogens is 1. The number of likely N-dealkylation sites (tertiary alicyclic amines) is 1. The highest BCUT2D eigenvalue weighted by Crippen LogP contribution is 2.34. The van der Waals surface area contributed by atoms with Gasteiger partial charge in [-0.15, -0.1) is 0 Å². The molecule has 5 nitrogen and oxygen atoms in total. The van der Waals surface area contributed by atoms with E-state index in [2.05, 4.69) is 32.0 Å². The normalized spacial score (nSPS) is 16.3. The highest BCUT2D eigenvalue weighted by Gasteiger charge is 2.31. The van der Waals surface area contributed by atoms with Gasteiger partial charge in [0, 0.05) is 30.8 Å². The van der Waals surface area contributed by atoms with Gasteiger partial charge in [0.1, 0.15) is 5.69 Å². The third kappa shape index (κ3) is 5.00. The maximum absolute atomic E-state index is 12.8. The summed E-state index contributed by atoms with van der Waals surface area (Å²) in [6.07, 6.45) is 5.82. The number of rotatable bonds is 7. The molecule has 1 fully saturated rings. The average molecular weight is 450 g/mol. The summed E-state index contributed by atoms with van der Waals surface area (Å²) < 4.78 is 0. The molecule has 1 saturated heterocycles. The molecule has 2 heterocycles. The molecule has 1 unspecified atom stereocenters. The molecule has 32 heavy (non-hydrogen) atoms. The van der Waals surface area contributed by atoms with Crippen LogP contribution in [-0.2, 0) is 0 Å². The number of nitrogens with zero attached hydrogens (tertiary/aromatic N) is 2. The Balaban J connectivity index is 1.88. The summed E-state index contributed by atoms with van der Waals surface area (Å²) >= 11 is 5.87. The van der Waals surface area contributed by atoms with Gasteiger partial charge in [0.05, 0.1) is 5.02 Å². The van der Waals surface area contributed by atoms with E-state index in [1.165, 1.54) is 6.20 Å². The quantitative estimate of drug-likeness (QED) is 0.587. The summed E-state index contributed by atoms with van der Waals surface area (Å²) in [5.41, 5.74) is 10.2. The van der Waals surface area contributed by atoms with E-state index in [-0.39, 0.29) is 17.7 Å². The van der Waals surface area contributed by atoms with Crippen molar-refractivity contribution in [2.75, 3.05) is 13.1 Å². The van der Waals surface area contributed by atoms with Crippen LogP contribution in [0.2, 0.25) is 5.02 Å². The molecule has 1 aliphatic rings. The Kier molecular flexibility index (Phi) is 7.31. The number of allylic oxidation sites excluding steroid dienone is 4. The highest BCUT2D eigenvalue weighted by molar-refractivity contribution is 6.30. The Bertz CT molecular complexity index is 1090. The molecule has 0 spiro atoms. The van der Waals surface area contributed by atoms with E-state index in [4.69, 9.17) is 17.3 Å². The fourth-order valence-electron chi connectivity index (χ4n) is 3.97. The fourth-order valence-corrected chi connectivity index (χ4v) is 4.09. The zero-order valence-corrected chi connectivity index (χ0v) is 19.2. The Morgan fingerprint density at radius 3 is 2.62 bits per heavy atom. The molecule has 2 amide bonds. The van der Waals surface area contributed by atoms with Gasteiger partial charge in [-0.3, -0.25) is 9.59 Å². The maximum Gasteiger partial charge on any atom is 0.272 e. The third-order valence-corrected chi connectivity index (χ3v) is 6.04. The van der Waals surface area contributed by atoms with E-state index in [0.717, 1.165) is 28.7 Å². The lowest BCUT2D eigenvalue weighted by Gasteiger charge is -2.19. The van der Waals surface area contributed by atoms with Crippen LogP contribution < -0.4 is 5.73 Å². The van der Waals surface area contributed by atoms with Gasteiger partial charge in [0.2, 0.25) is 5.91 Å². The van der Waals surface area contributed by atoms with Crippen molar-refractivity contribution in [3.8, 4) is 0 Å². The third-order valence-electron chi connectivity index (χ3n) is 5.82. The van der Waals surface area contributed by atoms with Crippen LogP contribution in [0.4, 0.5) is 0 Å². The van der Waals surface area contributed by atoms with E-state index in [1.54, 1.807) is 23.1 Å². The van der Waals surface area contributed by atoms with E-state index in [1.807, 2.05) is 24.3 Å². The van der Waals surface area contributed by atoms with Crippen LogP contribution in [0.1, 0.15) is 58.2 Å². The summed E-state index contributed by atoms with van der Waals surface area (Å²) in [7, 11) is 0. The van der Waals surface area contributed by atoms with Crippen molar-refractivity contribution in [2.45, 2.75) is 26.2 Å². The van der Waals surface area contributed by atoms with Crippen LogP contribution >= 0.6 is 11.6 Å². The minimum absolute atomic E-state index is 0.0166. The molecular formula is C26H28ClN3O2. The largest absolute Gasteiger partial charge is 0.366 e. The average Bonchev–Trinajstić information content (AvgIpc) is 3.26. The number of hydrogen-bond acceptors (Lipinski definition) is 3. The van der Waals surface area contributed by atoms with Crippen molar-refractivity contribution in [2.24, 2.45) is 11.7 Å². The molecule has 2 N–H and O–H groups in total. The number of carbonyl (C=O) groups excluding carboxylic acids is 2. The van der Waals surface area contributed by atoms with Crippen molar-refractivity contribution >= 4 is 29.0 Å². The zero-order chi connectivity index (χ0) is 23.4. The molecule has 1 aromatic heterocycles. The molecule has 0 radical (unpaired) electrons. The van der Waals surface area contributed by atoms with E-state index in [0.29, 0.717) is 29.4 Å². The van der Waals surface area contributed by atoms with Gasteiger partial charge in [-0.1, -0.05) is 62.9 Å². The van der Waals surface area contributed by atoms with Gasteiger partial charge in [-0.2, -0.15) is 0 Å². The molecule has 166 valence electrons. The van der Waals surface area contributed by atoms with Crippen LogP contribution in [0, 0.1) is 5.92 Å². The second-order valence-corrected chi connectivity index (χ2v) is 8.70. The lowest BCUT2D eigenvalue weighted by Crippen LogP contribution is -2.29. The highest BCUT2D eigenvalue weighted by atomic mass is 35.5. The number of amides is 2. The van der Waals surface area contributed by atoms with Gasteiger partial charge < -0.3 is 10.6 Å². The van der Waals surface area contributed by atoms with Crippen LogP contribution in [0.5, 0.6) is 0 Å². The number of carbonyl (C=O) groups is 2. The van der Waals surface area contributed by atoms with E-state index >= 15 is 0 Å². The Morgan fingerprint density at radius 2 is 2.03 bits per heavy atom. The standard InChI is InChI=1S/C26H28ClN3O2/c1-5-6-21(17(4)16(2)3)18-7-9-22(23(13-18)25(28)31)19-11-12-30(15-19)26(32)24-10-8-20(27)14-29-24/h5-10,13-14,16,19H,1,4,11-12,15H2,2-3H3,(H2,28,31)/b21-6+. The number of benzene rings is 1. The van der Waals surface area contributed by atoms with Gasteiger partial charge in [-0.25, -0.2) is 4.98 Å². The van der Waals surface area contributed by atoms with Crippen molar-refractivity contribution in [3.05, 3.63) is 94.8 Å². The first-order valence-corrected chi connectivity index (χ1v) is 11.0. The van der Waals surface area contributed by atoms with Crippen molar-refractivity contribution in [1.29, 1.82) is 0 Å². The van der Waals surface area contributed by atoms with Gasteiger partial charge in [0.25, 0.3) is 5.91 Å². The number of nitrogens with two attached hydrogens (primary N) is 1. The number of pyridine rings is 1. The van der Waals surface area contributed by atoms with Crippen molar-refractivity contribution < 1.29 is 9.59 Å². The minimum atomic E-state index is -0.487.